The number of carbonyl (C=O) groups is 1. The Morgan fingerprint density at radius 2 is 2.15 bits per heavy atom. The number of hydrogen-bond donors (Lipinski definition) is 0. The molecule has 110 valence electrons. The second-order valence-corrected chi connectivity index (χ2v) is 6.13. The molecule has 0 aromatic carbocycles. The highest BCUT2D eigenvalue weighted by atomic mass is 16.6. The number of rotatable bonds is 1. The minimum Gasteiger partial charge on any atom is -0.446 e. The van der Waals surface area contributed by atoms with Gasteiger partial charge < -0.3 is 9.64 Å². The summed E-state index contributed by atoms with van der Waals surface area (Å²) in [5, 5.41) is 0. The van der Waals surface area contributed by atoms with Crippen molar-refractivity contribution in [2.75, 3.05) is 7.05 Å². The van der Waals surface area contributed by atoms with Gasteiger partial charge in [-0.2, -0.15) is 0 Å². The first-order valence-corrected chi connectivity index (χ1v) is 7.55. The second kappa shape index (κ2) is 6.01. The highest BCUT2D eigenvalue weighted by Gasteiger charge is 2.52. The lowest BCUT2D eigenvalue weighted by molar-refractivity contribution is -0.170. The molecular weight excluding hydrogens is 250 g/mol. The average Bonchev–Trinajstić information content (AvgIpc) is 2.42. The van der Waals surface area contributed by atoms with Crippen LogP contribution < -0.4 is 0 Å². The van der Waals surface area contributed by atoms with Gasteiger partial charge in [-0.25, -0.2) is 0 Å². The fourth-order valence-corrected chi connectivity index (χ4v) is 3.92. The molecular formula is C17H25NO2. The molecule has 1 aliphatic carbocycles. The molecule has 1 heterocycles. The Kier molecular flexibility index (Phi) is 4.55. The van der Waals surface area contributed by atoms with Crippen molar-refractivity contribution in [1.29, 1.82) is 0 Å². The van der Waals surface area contributed by atoms with Gasteiger partial charge in [0.1, 0.15) is 0 Å². The van der Waals surface area contributed by atoms with Crippen LogP contribution in [0.1, 0.15) is 46.0 Å². The highest BCUT2D eigenvalue weighted by molar-refractivity contribution is 5.67. The van der Waals surface area contributed by atoms with Crippen LogP contribution in [0.2, 0.25) is 0 Å². The third-order valence-electron chi connectivity index (χ3n) is 4.86. The lowest BCUT2D eigenvalue weighted by Gasteiger charge is -2.53. The SMILES string of the molecule is C=CC#C[C@@]1(OC(C)=O)C[C@@H](C)N(C)[C@H]2CCCC[C@@H]21. The molecule has 3 heteroatoms. The van der Waals surface area contributed by atoms with Crippen molar-refractivity contribution in [2.45, 2.75) is 63.6 Å². The maximum atomic E-state index is 11.6. The van der Waals surface area contributed by atoms with E-state index in [0.29, 0.717) is 18.0 Å². The Morgan fingerprint density at radius 3 is 2.80 bits per heavy atom. The molecule has 2 rings (SSSR count). The van der Waals surface area contributed by atoms with Gasteiger partial charge in [0.2, 0.25) is 0 Å². The monoisotopic (exact) mass is 275 g/mol. The van der Waals surface area contributed by atoms with Crippen LogP contribution in [0.15, 0.2) is 12.7 Å². The van der Waals surface area contributed by atoms with Gasteiger partial charge in [-0.15, -0.1) is 0 Å². The molecule has 1 saturated carbocycles. The van der Waals surface area contributed by atoms with Gasteiger partial charge in [0, 0.05) is 31.3 Å². The third-order valence-corrected chi connectivity index (χ3v) is 4.86. The van der Waals surface area contributed by atoms with Crippen LogP contribution in [-0.2, 0) is 9.53 Å². The van der Waals surface area contributed by atoms with Crippen LogP contribution >= 0.6 is 0 Å². The van der Waals surface area contributed by atoms with Crippen molar-refractivity contribution >= 4 is 5.97 Å². The fourth-order valence-electron chi connectivity index (χ4n) is 3.92. The Hall–Kier alpha value is -1.27. The zero-order chi connectivity index (χ0) is 14.8. The first kappa shape index (κ1) is 15.1. The van der Waals surface area contributed by atoms with E-state index in [4.69, 9.17) is 4.74 Å². The largest absolute Gasteiger partial charge is 0.446 e. The van der Waals surface area contributed by atoms with Gasteiger partial charge in [-0.05, 0) is 32.9 Å². The summed E-state index contributed by atoms with van der Waals surface area (Å²) >= 11 is 0. The summed E-state index contributed by atoms with van der Waals surface area (Å²) in [5.74, 6) is 6.26. The predicted octanol–water partition coefficient (Wildman–Crippen LogP) is 2.76. The molecule has 0 aromatic heterocycles. The van der Waals surface area contributed by atoms with Crippen LogP contribution in [0, 0.1) is 17.8 Å². The zero-order valence-electron chi connectivity index (χ0n) is 12.8. The van der Waals surface area contributed by atoms with Crippen molar-refractivity contribution < 1.29 is 9.53 Å². The molecule has 2 fully saturated rings. The number of likely N-dealkylation sites (tertiary alicyclic amines) is 1. The molecule has 20 heavy (non-hydrogen) atoms. The van der Waals surface area contributed by atoms with Gasteiger partial charge in [0.15, 0.2) is 5.60 Å². The number of carbonyl (C=O) groups excluding carboxylic acids is 1. The molecule has 0 radical (unpaired) electrons. The van der Waals surface area contributed by atoms with Gasteiger partial charge in [0.25, 0.3) is 0 Å². The Morgan fingerprint density at radius 1 is 1.45 bits per heavy atom. The van der Waals surface area contributed by atoms with Crippen LogP contribution in [0.5, 0.6) is 0 Å². The number of nitrogens with zero attached hydrogens (tertiary/aromatic N) is 1. The summed E-state index contributed by atoms with van der Waals surface area (Å²) in [6.07, 6.45) is 7.08. The molecule has 1 aliphatic heterocycles. The summed E-state index contributed by atoms with van der Waals surface area (Å²) in [7, 11) is 2.19. The molecule has 2 aliphatic rings. The maximum Gasteiger partial charge on any atom is 0.304 e. The topological polar surface area (TPSA) is 29.5 Å². The molecule has 0 bridgehead atoms. The van der Waals surface area contributed by atoms with Crippen molar-refractivity contribution in [3.05, 3.63) is 12.7 Å². The first-order chi connectivity index (χ1) is 9.50. The highest BCUT2D eigenvalue weighted by Crippen LogP contribution is 2.45. The van der Waals surface area contributed by atoms with E-state index in [-0.39, 0.29) is 5.97 Å². The molecule has 0 aromatic rings. The number of ether oxygens (including phenoxy) is 1. The Labute approximate surface area is 122 Å². The van der Waals surface area contributed by atoms with Crippen molar-refractivity contribution in [2.24, 2.45) is 5.92 Å². The molecule has 0 N–H and O–H groups in total. The van der Waals surface area contributed by atoms with E-state index in [2.05, 4.69) is 37.3 Å². The van der Waals surface area contributed by atoms with Crippen LogP contribution in [-0.4, -0.2) is 35.6 Å². The molecule has 3 nitrogen and oxygen atoms in total. The number of esters is 1. The number of fused-ring (bicyclic) bond motifs is 1. The third kappa shape index (κ3) is 2.76. The normalized spacial score (nSPS) is 37.2. The summed E-state index contributed by atoms with van der Waals surface area (Å²) in [5.41, 5.74) is -0.628. The van der Waals surface area contributed by atoms with Crippen LogP contribution in [0.4, 0.5) is 0 Å². The van der Waals surface area contributed by atoms with Gasteiger partial charge >= 0.3 is 5.97 Å². The van der Waals surface area contributed by atoms with Gasteiger partial charge in [-0.1, -0.05) is 31.3 Å². The first-order valence-electron chi connectivity index (χ1n) is 7.55. The van der Waals surface area contributed by atoms with Crippen molar-refractivity contribution in [3.8, 4) is 11.8 Å². The summed E-state index contributed by atoms with van der Waals surface area (Å²) < 4.78 is 5.78. The molecule has 4 atom stereocenters. The van der Waals surface area contributed by atoms with E-state index in [9.17, 15) is 4.79 Å². The Bertz CT molecular complexity index is 448. The standard InChI is InChI=1S/C17H25NO2/c1-5-6-11-17(20-14(3)19)12-13(2)18(4)16-10-8-7-9-15(16)17/h5,13,15-16H,1,7-10,12H2,2-4H3/t13-,15+,16+,17-/m1/s1. The summed E-state index contributed by atoms with van der Waals surface area (Å²) in [4.78, 5) is 14.1. The lowest BCUT2D eigenvalue weighted by Crippen LogP contribution is -2.61. The summed E-state index contributed by atoms with van der Waals surface area (Å²) in [6, 6.07) is 0.832. The number of piperidine rings is 1. The number of hydrogen-bond acceptors (Lipinski definition) is 3. The van der Waals surface area contributed by atoms with E-state index in [1.807, 2.05) is 0 Å². The molecule has 1 saturated heterocycles. The van der Waals surface area contributed by atoms with Gasteiger partial charge in [0.05, 0.1) is 0 Å². The van der Waals surface area contributed by atoms with Crippen molar-refractivity contribution in [3.63, 3.8) is 0 Å². The van der Waals surface area contributed by atoms with E-state index in [1.165, 1.54) is 26.2 Å². The fraction of sp³-hybridized carbons (Fsp3) is 0.706. The minimum atomic E-state index is -0.628. The average molecular weight is 275 g/mol. The second-order valence-electron chi connectivity index (χ2n) is 6.13. The maximum absolute atomic E-state index is 11.6. The van der Waals surface area contributed by atoms with E-state index in [0.717, 1.165) is 12.8 Å². The van der Waals surface area contributed by atoms with E-state index >= 15 is 0 Å². The quantitative estimate of drug-likeness (QED) is 0.544. The Balaban J connectivity index is 2.40. The molecule has 0 unspecified atom stereocenters. The zero-order valence-corrected chi connectivity index (χ0v) is 12.8. The lowest BCUT2D eigenvalue weighted by atomic mass is 9.67. The molecule has 0 amide bonds. The minimum absolute atomic E-state index is 0.232. The smallest absolute Gasteiger partial charge is 0.304 e. The predicted molar refractivity (Wildman–Crippen MR) is 80.1 cm³/mol. The van der Waals surface area contributed by atoms with E-state index < -0.39 is 5.60 Å². The van der Waals surface area contributed by atoms with Crippen LogP contribution in [0.25, 0.3) is 0 Å². The summed E-state index contributed by atoms with van der Waals surface area (Å²) in [6.45, 7) is 7.35. The van der Waals surface area contributed by atoms with Crippen molar-refractivity contribution in [1.82, 2.24) is 4.90 Å². The molecule has 0 spiro atoms. The van der Waals surface area contributed by atoms with Crippen LogP contribution in [0.3, 0.4) is 0 Å². The van der Waals surface area contributed by atoms with Gasteiger partial charge in [-0.3, -0.25) is 4.79 Å². The van der Waals surface area contributed by atoms with E-state index in [1.54, 1.807) is 6.08 Å². The number of allylic oxidation sites excluding steroid dienone is 1.